The minimum absolute atomic E-state index is 0.0121. The van der Waals surface area contributed by atoms with E-state index < -0.39 is 0 Å². The molecular weight excluding hydrogens is 286 g/mol. The van der Waals surface area contributed by atoms with Gasteiger partial charge < -0.3 is 10.6 Å². The molecule has 110 valence electrons. The number of H-pyrrole nitrogens is 1. The van der Waals surface area contributed by atoms with Crippen molar-refractivity contribution >= 4 is 23.4 Å². The molecule has 1 atom stereocenters. The highest BCUT2D eigenvalue weighted by molar-refractivity contribution is 7.99. The minimum atomic E-state index is -0.148. The van der Waals surface area contributed by atoms with Crippen LogP contribution in [0.25, 0.3) is 11.4 Å². The zero-order valence-corrected chi connectivity index (χ0v) is 12.5. The Morgan fingerprint density at radius 3 is 3.00 bits per heavy atom. The maximum absolute atomic E-state index is 12.3. The average Bonchev–Trinajstić information content (AvgIpc) is 2.95. The predicted molar refractivity (Wildman–Crippen MR) is 84.3 cm³/mol. The van der Waals surface area contributed by atoms with Gasteiger partial charge in [0, 0.05) is 23.6 Å². The second-order valence-corrected chi connectivity index (χ2v) is 6.01. The molecule has 0 spiro atoms. The normalized spacial score (nSPS) is 18.4. The van der Waals surface area contributed by atoms with Crippen molar-refractivity contribution in [3.8, 4) is 11.4 Å². The lowest BCUT2D eigenvalue weighted by molar-refractivity contribution is -0.117. The van der Waals surface area contributed by atoms with Gasteiger partial charge in [0.15, 0.2) is 5.82 Å². The zero-order valence-electron chi connectivity index (χ0n) is 11.7. The monoisotopic (exact) mass is 303 g/mol. The van der Waals surface area contributed by atoms with Gasteiger partial charge in [-0.15, -0.1) is 0 Å². The van der Waals surface area contributed by atoms with Crippen molar-refractivity contribution in [3.05, 3.63) is 30.1 Å². The van der Waals surface area contributed by atoms with E-state index in [1.165, 1.54) is 0 Å². The van der Waals surface area contributed by atoms with Gasteiger partial charge in [-0.25, -0.2) is 4.98 Å². The molecule has 0 radical (unpaired) electrons. The molecule has 0 bridgehead atoms. The topological polar surface area (TPSA) is 82.7 Å². The van der Waals surface area contributed by atoms with Crippen LogP contribution < -0.4 is 10.6 Å². The first-order chi connectivity index (χ1) is 10.2. The summed E-state index contributed by atoms with van der Waals surface area (Å²) < 4.78 is 0. The summed E-state index contributed by atoms with van der Waals surface area (Å²) in [5, 5.41) is 13.2. The lowest BCUT2D eigenvalue weighted by Crippen LogP contribution is -2.46. The van der Waals surface area contributed by atoms with Crippen LogP contribution in [0, 0.1) is 6.92 Å². The first-order valence-electron chi connectivity index (χ1n) is 6.84. The Morgan fingerprint density at radius 1 is 1.43 bits per heavy atom. The Morgan fingerprint density at radius 2 is 2.29 bits per heavy atom. The highest BCUT2D eigenvalue weighted by Crippen LogP contribution is 2.25. The summed E-state index contributed by atoms with van der Waals surface area (Å²) in [5.74, 6) is 3.18. The molecule has 6 nitrogen and oxygen atoms in total. The molecule has 7 heteroatoms. The van der Waals surface area contributed by atoms with Crippen LogP contribution in [0.15, 0.2) is 24.3 Å². The van der Waals surface area contributed by atoms with E-state index in [0.29, 0.717) is 5.82 Å². The van der Waals surface area contributed by atoms with E-state index in [9.17, 15) is 4.79 Å². The number of nitrogens with one attached hydrogen (secondary N) is 3. The van der Waals surface area contributed by atoms with Crippen LogP contribution in [0.3, 0.4) is 0 Å². The SMILES string of the molecule is Cc1nc(-c2ccccc2NC(=O)C2CSCCN2)n[nH]1. The molecule has 1 aliphatic rings. The fourth-order valence-electron chi connectivity index (χ4n) is 2.20. The highest BCUT2D eigenvalue weighted by Gasteiger charge is 2.22. The van der Waals surface area contributed by atoms with Gasteiger partial charge in [-0.2, -0.15) is 16.9 Å². The smallest absolute Gasteiger partial charge is 0.242 e. The fraction of sp³-hybridized carbons (Fsp3) is 0.357. The number of rotatable bonds is 3. The summed E-state index contributed by atoms with van der Waals surface area (Å²) in [7, 11) is 0. The van der Waals surface area contributed by atoms with E-state index in [-0.39, 0.29) is 11.9 Å². The molecule has 0 aliphatic carbocycles. The molecule has 2 heterocycles. The van der Waals surface area contributed by atoms with Crippen LogP contribution in [0.4, 0.5) is 5.69 Å². The van der Waals surface area contributed by atoms with E-state index in [1.807, 2.05) is 31.2 Å². The number of nitrogens with zero attached hydrogens (tertiary/aromatic N) is 2. The summed E-state index contributed by atoms with van der Waals surface area (Å²) in [4.78, 5) is 16.6. The van der Waals surface area contributed by atoms with Crippen LogP contribution in [-0.2, 0) is 4.79 Å². The third-order valence-electron chi connectivity index (χ3n) is 3.26. The van der Waals surface area contributed by atoms with E-state index in [2.05, 4.69) is 25.8 Å². The van der Waals surface area contributed by atoms with Gasteiger partial charge in [0.2, 0.25) is 5.91 Å². The number of carbonyl (C=O) groups excluding carboxylic acids is 1. The molecule has 1 amide bonds. The molecule has 1 fully saturated rings. The average molecular weight is 303 g/mol. The predicted octanol–water partition coefficient (Wildman–Crippen LogP) is 1.42. The van der Waals surface area contributed by atoms with Crippen LogP contribution in [-0.4, -0.2) is 45.2 Å². The quantitative estimate of drug-likeness (QED) is 0.799. The maximum Gasteiger partial charge on any atom is 0.242 e. The molecule has 1 aromatic heterocycles. The van der Waals surface area contributed by atoms with E-state index in [4.69, 9.17) is 0 Å². The summed E-state index contributed by atoms with van der Waals surface area (Å²) in [5.41, 5.74) is 1.55. The molecule has 0 saturated carbocycles. The molecule has 1 saturated heterocycles. The second kappa shape index (κ2) is 6.28. The van der Waals surface area contributed by atoms with Crippen LogP contribution in [0.1, 0.15) is 5.82 Å². The van der Waals surface area contributed by atoms with Crippen LogP contribution >= 0.6 is 11.8 Å². The standard InChI is InChI=1S/C14H17N5OS/c1-9-16-13(19-18-9)10-4-2-3-5-11(10)17-14(20)12-8-21-7-6-15-12/h2-5,12,15H,6-8H2,1H3,(H,17,20)(H,16,18,19). The number of aromatic nitrogens is 3. The zero-order chi connectivity index (χ0) is 14.7. The summed E-state index contributed by atoms with van der Waals surface area (Å²) in [6.07, 6.45) is 0. The highest BCUT2D eigenvalue weighted by atomic mass is 32.2. The van der Waals surface area contributed by atoms with Crippen molar-refractivity contribution in [2.75, 3.05) is 23.4 Å². The number of carbonyl (C=O) groups is 1. The molecular formula is C14H17N5OS. The van der Waals surface area contributed by atoms with Crippen molar-refractivity contribution in [2.45, 2.75) is 13.0 Å². The number of aryl methyl sites for hydroxylation is 1. The number of benzene rings is 1. The lowest BCUT2D eigenvalue weighted by atomic mass is 10.1. The van der Waals surface area contributed by atoms with Crippen LogP contribution in [0.2, 0.25) is 0 Å². The van der Waals surface area contributed by atoms with Gasteiger partial charge in [0.05, 0.1) is 11.7 Å². The number of anilines is 1. The first-order valence-corrected chi connectivity index (χ1v) is 8.00. The Kier molecular flexibility index (Phi) is 4.21. The Hall–Kier alpha value is -1.86. The molecule has 2 aromatic rings. The third-order valence-corrected chi connectivity index (χ3v) is 4.32. The summed E-state index contributed by atoms with van der Waals surface area (Å²) in [6, 6.07) is 7.43. The Balaban J connectivity index is 1.80. The van der Waals surface area contributed by atoms with Crippen molar-refractivity contribution in [1.82, 2.24) is 20.5 Å². The van der Waals surface area contributed by atoms with E-state index in [1.54, 1.807) is 11.8 Å². The van der Waals surface area contributed by atoms with Gasteiger partial charge in [0.25, 0.3) is 0 Å². The molecule has 1 aromatic carbocycles. The van der Waals surface area contributed by atoms with Crippen molar-refractivity contribution in [2.24, 2.45) is 0 Å². The largest absolute Gasteiger partial charge is 0.324 e. The van der Waals surface area contributed by atoms with Crippen LogP contribution in [0.5, 0.6) is 0 Å². The molecule has 21 heavy (non-hydrogen) atoms. The second-order valence-electron chi connectivity index (χ2n) is 4.86. The van der Waals surface area contributed by atoms with Gasteiger partial charge in [-0.3, -0.25) is 9.89 Å². The molecule has 1 unspecified atom stereocenters. The number of thioether (sulfide) groups is 1. The summed E-state index contributed by atoms with van der Waals surface area (Å²) in [6.45, 7) is 2.71. The van der Waals surface area contributed by atoms with Crippen molar-refractivity contribution in [3.63, 3.8) is 0 Å². The maximum atomic E-state index is 12.3. The minimum Gasteiger partial charge on any atom is -0.324 e. The third kappa shape index (κ3) is 3.25. The van der Waals surface area contributed by atoms with Gasteiger partial charge >= 0.3 is 0 Å². The fourth-order valence-corrected chi connectivity index (χ4v) is 3.14. The van der Waals surface area contributed by atoms with Gasteiger partial charge in [-0.05, 0) is 19.1 Å². The van der Waals surface area contributed by atoms with Crippen molar-refractivity contribution in [1.29, 1.82) is 0 Å². The number of para-hydroxylation sites is 1. The van der Waals surface area contributed by atoms with Gasteiger partial charge in [-0.1, -0.05) is 12.1 Å². The number of amides is 1. The first kappa shape index (κ1) is 14.1. The number of aromatic amines is 1. The van der Waals surface area contributed by atoms with Gasteiger partial charge in [0.1, 0.15) is 5.82 Å². The Labute approximate surface area is 127 Å². The molecule has 3 rings (SSSR count). The van der Waals surface area contributed by atoms with E-state index >= 15 is 0 Å². The number of hydrogen-bond donors (Lipinski definition) is 3. The molecule has 1 aliphatic heterocycles. The van der Waals surface area contributed by atoms with E-state index in [0.717, 1.165) is 35.1 Å². The number of hydrogen-bond acceptors (Lipinski definition) is 5. The summed E-state index contributed by atoms with van der Waals surface area (Å²) >= 11 is 1.79. The Bertz CT molecular complexity index is 636. The van der Waals surface area contributed by atoms with Crippen molar-refractivity contribution < 1.29 is 4.79 Å². The lowest BCUT2D eigenvalue weighted by Gasteiger charge is -2.22. The molecule has 3 N–H and O–H groups in total.